The summed E-state index contributed by atoms with van der Waals surface area (Å²) in [6, 6.07) is -1.56. The molecule has 0 aliphatic heterocycles. The van der Waals surface area contributed by atoms with Crippen molar-refractivity contribution in [2.75, 3.05) is 19.8 Å². The Morgan fingerprint density at radius 1 is 0.754 bits per heavy atom. The maximum Gasteiger partial charge on any atom is 0.472 e. The standard InChI is InChI=1S/C42H76NO13P/c1-3-5-7-8-9-10-11-12-13-14-15-16-22-26-41(48)56-34(31-54-57(51,52)55-32-37(43)42(49)50)30-53-40(47)25-21-18-17-20-24-35-36(39(46)29-38(35)45)28-27-33(44)23-19-6-4-2/h17,20,27-28,33-39,44-46H,3-16,18-19,21-26,29-32,43H2,1-2H3,(H,49,50)(H,51,52)/b20-17+,28-27+/t33-,34+,35+,36+,37-,38-,39+/m0/s1. The van der Waals surface area contributed by atoms with Gasteiger partial charge in [0.2, 0.25) is 0 Å². The largest absolute Gasteiger partial charge is 0.480 e. The highest BCUT2D eigenvalue weighted by Gasteiger charge is 2.39. The Kier molecular flexibility index (Phi) is 30.3. The van der Waals surface area contributed by atoms with Crippen molar-refractivity contribution >= 4 is 25.7 Å². The average molecular weight is 834 g/mol. The number of nitrogens with two attached hydrogens (primary N) is 1. The van der Waals surface area contributed by atoms with Crippen LogP contribution in [-0.4, -0.2) is 93.5 Å². The van der Waals surface area contributed by atoms with Gasteiger partial charge >= 0.3 is 25.7 Å². The van der Waals surface area contributed by atoms with Crippen LogP contribution >= 0.6 is 7.82 Å². The van der Waals surface area contributed by atoms with Gasteiger partial charge in [-0.15, -0.1) is 0 Å². The second-order valence-electron chi connectivity index (χ2n) is 15.5. The number of carboxylic acid groups (broad SMARTS) is 1. The zero-order chi connectivity index (χ0) is 42.3. The lowest BCUT2D eigenvalue weighted by Crippen LogP contribution is -2.34. The zero-order valence-electron chi connectivity index (χ0n) is 34.8. The molecule has 0 heterocycles. The second kappa shape index (κ2) is 32.7. The summed E-state index contributed by atoms with van der Waals surface area (Å²) in [5, 5.41) is 40.2. The third-order valence-corrected chi connectivity index (χ3v) is 11.2. The molecule has 1 unspecified atom stereocenters. The molecule has 332 valence electrons. The summed E-state index contributed by atoms with van der Waals surface area (Å²) in [5.74, 6) is -3.05. The molecule has 0 spiro atoms. The first-order valence-corrected chi connectivity index (χ1v) is 23.1. The molecule has 1 aliphatic rings. The first-order valence-electron chi connectivity index (χ1n) is 21.6. The molecule has 8 atom stereocenters. The van der Waals surface area contributed by atoms with Gasteiger partial charge in [-0.25, -0.2) is 4.57 Å². The summed E-state index contributed by atoms with van der Waals surface area (Å²) in [6.45, 7) is 2.45. The van der Waals surface area contributed by atoms with E-state index in [9.17, 15) is 39.2 Å². The summed E-state index contributed by atoms with van der Waals surface area (Å²) in [5.41, 5.74) is 5.32. The van der Waals surface area contributed by atoms with E-state index in [2.05, 4.69) is 18.4 Å². The van der Waals surface area contributed by atoms with E-state index < -0.39 is 76.0 Å². The van der Waals surface area contributed by atoms with Gasteiger partial charge in [0.25, 0.3) is 0 Å². The number of phosphoric acid groups is 1. The molecule has 15 heteroatoms. The van der Waals surface area contributed by atoms with Crippen LogP contribution in [0.3, 0.4) is 0 Å². The number of aliphatic hydroxyl groups is 3. The summed E-state index contributed by atoms with van der Waals surface area (Å²) < 4.78 is 32.6. The molecule has 7 N–H and O–H groups in total. The van der Waals surface area contributed by atoms with Crippen molar-refractivity contribution in [1.29, 1.82) is 0 Å². The van der Waals surface area contributed by atoms with Crippen LogP contribution in [0.4, 0.5) is 0 Å². The van der Waals surface area contributed by atoms with Gasteiger partial charge in [-0.2, -0.15) is 0 Å². The number of hydrogen-bond donors (Lipinski definition) is 6. The normalized spacial score (nSPS) is 21.1. The molecular formula is C42H76NO13P. The van der Waals surface area contributed by atoms with E-state index in [1.807, 2.05) is 18.2 Å². The molecule has 0 aromatic rings. The number of unbranched alkanes of at least 4 members (excludes halogenated alkanes) is 15. The topological polar surface area (TPSA) is 232 Å². The average Bonchev–Trinajstić information content (AvgIpc) is 3.44. The van der Waals surface area contributed by atoms with Crippen LogP contribution in [0.1, 0.15) is 162 Å². The number of carboxylic acids is 1. The van der Waals surface area contributed by atoms with Crippen LogP contribution in [0.2, 0.25) is 0 Å². The van der Waals surface area contributed by atoms with E-state index in [-0.39, 0.29) is 31.1 Å². The number of phosphoric ester groups is 1. The van der Waals surface area contributed by atoms with Gasteiger partial charge in [-0.1, -0.05) is 134 Å². The molecule has 1 aliphatic carbocycles. The van der Waals surface area contributed by atoms with E-state index in [1.165, 1.54) is 57.8 Å². The number of ether oxygens (including phenoxy) is 2. The van der Waals surface area contributed by atoms with E-state index in [4.69, 9.17) is 24.8 Å². The number of allylic oxidation sites excluding steroid dienone is 2. The summed E-state index contributed by atoms with van der Waals surface area (Å²) in [4.78, 5) is 46.1. The Morgan fingerprint density at radius 3 is 1.93 bits per heavy atom. The maximum atomic E-state index is 12.6. The van der Waals surface area contributed by atoms with Gasteiger partial charge in [0, 0.05) is 25.2 Å². The van der Waals surface area contributed by atoms with Gasteiger partial charge in [0.1, 0.15) is 12.6 Å². The Hall–Kier alpha value is -2.16. The van der Waals surface area contributed by atoms with Crippen molar-refractivity contribution in [1.82, 2.24) is 0 Å². The molecule has 0 amide bonds. The summed E-state index contributed by atoms with van der Waals surface area (Å²) >= 11 is 0. The monoisotopic (exact) mass is 834 g/mol. The maximum absolute atomic E-state index is 12.6. The van der Waals surface area contributed by atoms with E-state index in [0.717, 1.165) is 38.5 Å². The fourth-order valence-corrected chi connectivity index (χ4v) is 7.54. The van der Waals surface area contributed by atoms with E-state index >= 15 is 0 Å². The molecule has 57 heavy (non-hydrogen) atoms. The third-order valence-electron chi connectivity index (χ3n) is 10.3. The first-order chi connectivity index (χ1) is 27.3. The second-order valence-corrected chi connectivity index (χ2v) is 16.9. The number of carbonyl (C=O) groups excluding carboxylic acids is 2. The number of hydrogen-bond acceptors (Lipinski definition) is 12. The zero-order valence-corrected chi connectivity index (χ0v) is 35.7. The van der Waals surface area contributed by atoms with Gasteiger partial charge in [-0.3, -0.25) is 23.4 Å². The van der Waals surface area contributed by atoms with Crippen molar-refractivity contribution in [2.45, 2.75) is 192 Å². The highest BCUT2D eigenvalue weighted by molar-refractivity contribution is 7.47. The lowest BCUT2D eigenvalue weighted by atomic mass is 9.89. The minimum absolute atomic E-state index is 0.0472. The van der Waals surface area contributed by atoms with Crippen molar-refractivity contribution in [3.8, 4) is 0 Å². The Bertz CT molecular complexity index is 1180. The fourth-order valence-electron chi connectivity index (χ4n) is 6.76. The Balaban J connectivity index is 2.52. The molecule has 0 aromatic carbocycles. The van der Waals surface area contributed by atoms with Crippen LogP contribution in [-0.2, 0) is 37.5 Å². The van der Waals surface area contributed by atoms with Crippen molar-refractivity contribution in [3.05, 3.63) is 24.3 Å². The minimum atomic E-state index is -4.77. The summed E-state index contributed by atoms with van der Waals surface area (Å²) in [7, 11) is -4.77. The number of esters is 2. The predicted molar refractivity (Wildman–Crippen MR) is 219 cm³/mol. The Labute approximate surface area is 341 Å². The van der Waals surface area contributed by atoms with Gasteiger partial charge < -0.3 is 40.5 Å². The van der Waals surface area contributed by atoms with Crippen LogP contribution in [0.25, 0.3) is 0 Å². The molecule has 0 saturated heterocycles. The van der Waals surface area contributed by atoms with Gasteiger partial charge in [-0.05, 0) is 38.0 Å². The Morgan fingerprint density at radius 2 is 1.32 bits per heavy atom. The van der Waals surface area contributed by atoms with Crippen molar-refractivity contribution in [3.63, 3.8) is 0 Å². The van der Waals surface area contributed by atoms with Crippen molar-refractivity contribution < 1.29 is 62.8 Å². The quantitative estimate of drug-likeness (QED) is 0.0156. The van der Waals surface area contributed by atoms with E-state index in [0.29, 0.717) is 32.1 Å². The minimum Gasteiger partial charge on any atom is -0.480 e. The van der Waals surface area contributed by atoms with Gasteiger partial charge in [0.05, 0.1) is 31.5 Å². The van der Waals surface area contributed by atoms with Crippen molar-refractivity contribution in [2.24, 2.45) is 17.6 Å². The smallest absolute Gasteiger partial charge is 0.472 e. The SMILES string of the molecule is CCCCCCCCCCCCCCCC(=O)O[C@H](COC(=O)CCC/C=C/C[C@@H]1[C@@H](/C=C/[C@@H](O)CCCCC)[C@H](O)C[C@@H]1O)COP(=O)(O)OC[C@H](N)C(=O)O. The lowest BCUT2D eigenvalue weighted by molar-refractivity contribution is -0.161. The number of aliphatic hydroxyl groups excluding tert-OH is 3. The van der Waals surface area contributed by atoms with Crippen LogP contribution in [0.15, 0.2) is 24.3 Å². The highest BCUT2D eigenvalue weighted by atomic mass is 31.2. The summed E-state index contributed by atoms with van der Waals surface area (Å²) in [6.07, 6.45) is 24.9. The van der Waals surface area contributed by atoms with Crippen LogP contribution in [0.5, 0.6) is 0 Å². The number of aliphatic carboxylic acids is 1. The molecule has 0 radical (unpaired) electrons. The molecule has 1 rings (SSSR count). The molecule has 14 nitrogen and oxygen atoms in total. The number of carbonyl (C=O) groups is 3. The third kappa shape index (κ3) is 27.3. The first kappa shape index (κ1) is 52.9. The molecule has 0 aromatic heterocycles. The molecule has 0 bridgehead atoms. The number of rotatable bonds is 36. The van der Waals surface area contributed by atoms with Crippen LogP contribution < -0.4 is 5.73 Å². The van der Waals surface area contributed by atoms with E-state index in [1.54, 1.807) is 6.08 Å². The van der Waals surface area contributed by atoms with Crippen LogP contribution in [0, 0.1) is 11.8 Å². The predicted octanol–water partition coefficient (Wildman–Crippen LogP) is 7.44. The highest BCUT2D eigenvalue weighted by Crippen LogP contribution is 2.43. The molecular weight excluding hydrogens is 757 g/mol. The van der Waals surface area contributed by atoms with Gasteiger partial charge in [0.15, 0.2) is 6.10 Å². The molecule has 1 saturated carbocycles. The molecule has 1 fully saturated rings. The fraction of sp³-hybridized carbons (Fsp3) is 0.833. The lowest BCUT2D eigenvalue weighted by Gasteiger charge is -2.20.